The van der Waals surface area contributed by atoms with Crippen LogP contribution in [0.5, 0.6) is 0 Å². The van der Waals surface area contributed by atoms with Crippen molar-refractivity contribution < 1.29 is 14.3 Å². The SMILES string of the molecule is COCc1ccn(CC(=O)OCc2ccccc2)n1. The normalized spacial score (nSPS) is 10.4. The van der Waals surface area contributed by atoms with Gasteiger partial charge in [0.1, 0.15) is 13.2 Å². The number of methoxy groups -OCH3 is 1. The van der Waals surface area contributed by atoms with Crippen LogP contribution in [0.25, 0.3) is 0 Å². The van der Waals surface area contributed by atoms with Crippen molar-refractivity contribution in [1.82, 2.24) is 9.78 Å². The molecule has 2 rings (SSSR count). The highest BCUT2D eigenvalue weighted by Gasteiger charge is 2.06. The predicted molar refractivity (Wildman–Crippen MR) is 69.2 cm³/mol. The number of esters is 1. The van der Waals surface area contributed by atoms with E-state index in [0.29, 0.717) is 6.61 Å². The minimum absolute atomic E-state index is 0.108. The van der Waals surface area contributed by atoms with Crippen molar-refractivity contribution in [3.8, 4) is 0 Å². The van der Waals surface area contributed by atoms with E-state index in [0.717, 1.165) is 11.3 Å². The molecule has 1 heterocycles. The van der Waals surface area contributed by atoms with Crippen molar-refractivity contribution in [2.75, 3.05) is 7.11 Å². The maximum Gasteiger partial charge on any atom is 0.328 e. The molecule has 0 radical (unpaired) electrons. The molecule has 0 unspecified atom stereocenters. The molecule has 0 aliphatic carbocycles. The zero-order valence-corrected chi connectivity index (χ0v) is 10.8. The summed E-state index contributed by atoms with van der Waals surface area (Å²) in [4.78, 5) is 11.6. The summed E-state index contributed by atoms with van der Waals surface area (Å²) in [5, 5.41) is 4.19. The average molecular weight is 260 g/mol. The molecule has 5 nitrogen and oxygen atoms in total. The molecule has 0 aliphatic heterocycles. The summed E-state index contributed by atoms with van der Waals surface area (Å²) in [7, 11) is 1.60. The van der Waals surface area contributed by atoms with Gasteiger partial charge in [-0.15, -0.1) is 0 Å². The molecule has 100 valence electrons. The number of benzene rings is 1. The van der Waals surface area contributed by atoms with Gasteiger partial charge in [0, 0.05) is 13.3 Å². The maximum absolute atomic E-state index is 11.6. The average Bonchev–Trinajstić information content (AvgIpc) is 2.85. The Labute approximate surface area is 111 Å². The van der Waals surface area contributed by atoms with E-state index in [-0.39, 0.29) is 19.1 Å². The first-order valence-electron chi connectivity index (χ1n) is 5.99. The quantitative estimate of drug-likeness (QED) is 0.743. The molecular weight excluding hydrogens is 244 g/mol. The number of hydrogen-bond donors (Lipinski definition) is 0. The Kier molecular flexibility index (Phi) is 4.69. The third-order valence-corrected chi connectivity index (χ3v) is 2.52. The monoisotopic (exact) mass is 260 g/mol. The van der Waals surface area contributed by atoms with Crippen molar-refractivity contribution in [2.45, 2.75) is 19.8 Å². The highest BCUT2D eigenvalue weighted by Crippen LogP contribution is 2.02. The number of aromatic nitrogens is 2. The van der Waals surface area contributed by atoms with Gasteiger partial charge in [0.15, 0.2) is 0 Å². The van der Waals surface area contributed by atoms with Gasteiger partial charge >= 0.3 is 5.97 Å². The Bertz CT molecular complexity index is 522. The molecule has 5 heteroatoms. The van der Waals surface area contributed by atoms with Crippen LogP contribution >= 0.6 is 0 Å². The standard InChI is InChI=1S/C14H16N2O3/c1-18-11-13-7-8-16(15-13)9-14(17)19-10-12-5-3-2-4-6-12/h2-8H,9-11H2,1H3. The fourth-order valence-corrected chi connectivity index (χ4v) is 1.63. The zero-order valence-electron chi connectivity index (χ0n) is 10.8. The van der Waals surface area contributed by atoms with E-state index in [1.54, 1.807) is 18.0 Å². The van der Waals surface area contributed by atoms with E-state index < -0.39 is 0 Å². The summed E-state index contributed by atoms with van der Waals surface area (Å²) in [5.41, 5.74) is 1.76. The second-order valence-electron chi connectivity index (χ2n) is 4.08. The van der Waals surface area contributed by atoms with E-state index in [1.165, 1.54) is 0 Å². The maximum atomic E-state index is 11.6. The molecule has 0 aliphatic rings. The van der Waals surface area contributed by atoms with Crippen LogP contribution in [-0.2, 0) is 34.0 Å². The summed E-state index contributed by atoms with van der Waals surface area (Å²) in [5.74, 6) is -0.309. The summed E-state index contributed by atoms with van der Waals surface area (Å²) in [6, 6.07) is 11.4. The molecule has 0 N–H and O–H groups in total. The van der Waals surface area contributed by atoms with Gasteiger partial charge in [-0.3, -0.25) is 9.48 Å². The van der Waals surface area contributed by atoms with Gasteiger partial charge in [-0.05, 0) is 11.6 Å². The minimum atomic E-state index is -0.309. The number of carbonyl (C=O) groups excluding carboxylic acids is 1. The van der Waals surface area contributed by atoms with Crippen LogP contribution in [-0.4, -0.2) is 22.9 Å². The Morgan fingerprint density at radius 3 is 2.74 bits per heavy atom. The number of rotatable bonds is 6. The molecule has 0 amide bonds. The van der Waals surface area contributed by atoms with E-state index in [9.17, 15) is 4.79 Å². The zero-order chi connectivity index (χ0) is 13.5. The molecule has 0 bridgehead atoms. The lowest BCUT2D eigenvalue weighted by molar-refractivity contribution is -0.145. The molecule has 0 saturated heterocycles. The lowest BCUT2D eigenvalue weighted by Crippen LogP contribution is -2.14. The second-order valence-corrected chi connectivity index (χ2v) is 4.08. The first-order valence-corrected chi connectivity index (χ1v) is 5.99. The molecule has 2 aromatic rings. The third-order valence-electron chi connectivity index (χ3n) is 2.52. The Balaban J connectivity index is 1.80. The largest absolute Gasteiger partial charge is 0.459 e. The lowest BCUT2D eigenvalue weighted by atomic mass is 10.2. The molecule has 19 heavy (non-hydrogen) atoms. The van der Waals surface area contributed by atoms with Crippen LogP contribution in [0.3, 0.4) is 0 Å². The highest BCUT2D eigenvalue weighted by atomic mass is 16.5. The fourth-order valence-electron chi connectivity index (χ4n) is 1.63. The molecule has 0 spiro atoms. The summed E-state index contributed by atoms with van der Waals surface area (Å²) < 4.78 is 11.7. The van der Waals surface area contributed by atoms with Crippen LogP contribution in [0.1, 0.15) is 11.3 Å². The van der Waals surface area contributed by atoms with Crippen LogP contribution < -0.4 is 0 Å². The van der Waals surface area contributed by atoms with Crippen LogP contribution in [0.4, 0.5) is 0 Å². The van der Waals surface area contributed by atoms with Gasteiger partial charge in [-0.25, -0.2) is 0 Å². The topological polar surface area (TPSA) is 53.4 Å². The predicted octanol–water partition coefficient (Wildman–Crippen LogP) is 1.77. The van der Waals surface area contributed by atoms with Crippen molar-refractivity contribution >= 4 is 5.97 Å². The van der Waals surface area contributed by atoms with Gasteiger partial charge in [0.05, 0.1) is 12.3 Å². The number of nitrogens with zero attached hydrogens (tertiary/aromatic N) is 2. The molecule has 1 aromatic heterocycles. The number of carbonyl (C=O) groups is 1. The van der Waals surface area contributed by atoms with E-state index in [2.05, 4.69) is 5.10 Å². The number of ether oxygens (including phenoxy) is 2. The summed E-state index contributed by atoms with van der Waals surface area (Å²) in [6.45, 7) is 0.828. The van der Waals surface area contributed by atoms with Crippen molar-refractivity contribution in [2.24, 2.45) is 0 Å². The van der Waals surface area contributed by atoms with Gasteiger partial charge in [-0.1, -0.05) is 30.3 Å². The fraction of sp³-hybridized carbons (Fsp3) is 0.286. The van der Waals surface area contributed by atoms with Crippen molar-refractivity contribution in [1.29, 1.82) is 0 Å². The van der Waals surface area contributed by atoms with Gasteiger partial charge in [0.25, 0.3) is 0 Å². The smallest absolute Gasteiger partial charge is 0.328 e. The van der Waals surface area contributed by atoms with E-state index >= 15 is 0 Å². The first-order chi connectivity index (χ1) is 9.28. The summed E-state index contributed by atoms with van der Waals surface area (Å²) in [6.07, 6.45) is 1.73. The van der Waals surface area contributed by atoms with Crippen LogP contribution in [0.2, 0.25) is 0 Å². The molecular formula is C14H16N2O3. The van der Waals surface area contributed by atoms with Gasteiger partial charge in [0.2, 0.25) is 0 Å². The third kappa shape index (κ3) is 4.22. The molecule has 0 saturated carbocycles. The van der Waals surface area contributed by atoms with Gasteiger partial charge in [-0.2, -0.15) is 5.10 Å². The Morgan fingerprint density at radius 2 is 2.00 bits per heavy atom. The summed E-state index contributed by atoms with van der Waals surface area (Å²) >= 11 is 0. The van der Waals surface area contributed by atoms with Crippen molar-refractivity contribution in [3.63, 3.8) is 0 Å². The highest BCUT2D eigenvalue weighted by molar-refractivity contribution is 5.69. The van der Waals surface area contributed by atoms with Crippen molar-refractivity contribution in [3.05, 3.63) is 53.9 Å². The molecule has 0 atom stereocenters. The Hall–Kier alpha value is -2.14. The van der Waals surface area contributed by atoms with Gasteiger partial charge < -0.3 is 9.47 Å². The minimum Gasteiger partial charge on any atom is -0.459 e. The van der Waals surface area contributed by atoms with E-state index in [4.69, 9.17) is 9.47 Å². The van der Waals surface area contributed by atoms with Crippen LogP contribution in [0.15, 0.2) is 42.6 Å². The second kappa shape index (κ2) is 6.70. The first kappa shape index (κ1) is 13.3. The van der Waals surface area contributed by atoms with E-state index in [1.807, 2.05) is 36.4 Å². The number of hydrogen-bond acceptors (Lipinski definition) is 4. The lowest BCUT2D eigenvalue weighted by Gasteiger charge is -2.05. The Morgan fingerprint density at radius 1 is 1.21 bits per heavy atom. The molecule has 1 aromatic carbocycles. The molecule has 0 fully saturated rings. The van der Waals surface area contributed by atoms with Crippen LogP contribution in [0, 0.1) is 0 Å².